The molecule has 0 aromatic heterocycles. The lowest BCUT2D eigenvalue weighted by Gasteiger charge is -2.47. The normalized spacial score (nSPS) is 31.7. The van der Waals surface area contributed by atoms with E-state index >= 15 is 0 Å². The molecule has 0 N–H and O–H groups in total. The van der Waals surface area contributed by atoms with Gasteiger partial charge in [-0.25, -0.2) is 0 Å². The molecule has 1 fully saturated rings. The number of benzene rings is 1. The van der Waals surface area contributed by atoms with Gasteiger partial charge in [0.25, 0.3) is 0 Å². The molecule has 1 aromatic carbocycles. The Bertz CT molecular complexity index is 568. The zero-order valence-electron chi connectivity index (χ0n) is 12.9. The van der Waals surface area contributed by atoms with E-state index in [-0.39, 0.29) is 11.4 Å². The third-order valence-electron chi connectivity index (χ3n) is 4.75. The van der Waals surface area contributed by atoms with Gasteiger partial charge in [-0.2, -0.15) is 0 Å². The summed E-state index contributed by atoms with van der Waals surface area (Å²) in [4.78, 5) is 12.5. The smallest absolute Gasteiger partial charge is 0.170 e. The number of hydrogen-bond acceptors (Lipinski definition) is 4. The molecule has 2 aliphatic heterocycles. The number of methoxy groups -OCH3 is 1. The van der Waals surface area contributed by atoms with Crippen LogP contribution in [0, 0.1) is 0 Å². The summed E-state index contributed by atoms with van der Waals surface area (Å²) in [5, 5.41) is 0. The first-order valence-corrected chi connectivity index (χ1v) is 7.53. The summed E-state index contributed by atoms with van der Waals surface area (Å²) in [6.07, 6.45) is 2.85. The second-order valence-electron chi connectivity index (χ2n) is 6.33. The van der Waals surface area contributed by atoms with E-state index in [9.17, 15) is 4.79 Å². The van der Waals surface area contributed by atoms with Gasteiger partial charge in [0.05, 0.1) is 31.3 Å². The second kappa shape index (κ2) is 5.02. The second-order valence-corrected chi connectivity index (χ2v) is 6.33. The van der Waals surface area contributed by atoms with Crippen LogP contribution >= 0.6 is 0 Å². The van der Waals surface area contributed by atoms with Crippen molar-refractivity contribution in [3.05, 3.63) is 23.8 Å². The largest absolute Gasteiger partial charge is 0.497 e. The molecule has 0 radical (unpaired) electrons. The lowest BCUT2D eigenvalue weighted by molar-refractivity contribution is -0.144. The van der Waals surface area contributed by atoms with Crippen molar-refractivity contribution in [3.63, 3.8) is 0 Å². The van der Waals surface area contributed by atoms with Gasteiger partial charge >= 0.3 is 0 Å². The average molecular weight is 290 g/mol. The zero-order chi connectivity index (χ0) is 15.1. The highest BCUT2D eigenvalue weighted by atomic mass is 16.5. The summed E-state index contributed by atoms with van der Waals surface area (Å²) in [6, 6.07) is 5.41. The lowest BCUT2D eigenvalue weighted by atomic mass is 9.76. The number of rotatable bonds is 2. The summed E-state index contributed by atoms with van der Waals surface area (Å²) >= 11 is 0. The topological polar surface area (TPSA) is 44.8 Å². The minimum Gasteiger partial charge on any atom is -0.497 e. The maximum Gasteiger partial charge on any atom is 0.170 e. The maximum atomic E-state index is 12.5. The number of carbonyl (C=O) groups is 1. The monoisotopic (exact) mass is 290 g/mol. The summed E-state index contributed by atoms with van der Waals surface area (Å²) in [6.45, 7) is 4.85. The molecule has 114 valence electrons. The highest BCUT2D eigenvalue weighted by Crippen LogP contribution is 2.44. The van der Waals surface area contributed by atoms with Crippen molar-refractivity contribution in [1.82, 2.24) is 0 Å². The average Bonchev–Trinajstić information content (AvgIpc) is 2.46. The Labute approximate surface area is 125 Å². The van der Waals surface area contributed by atoms with Gasteiger partial charge in [-0.1, -0.05) is 6.92 Å². The number of fused-ring (bicyclic) bond motifs is 1. The van der Waals surface area contributed by atoms with E-state index in [1.165, 1.54) is 0 Å². The number of ether oxygens (including phenoxy) is 3. The highest BCUT2D eigenvalue weighted by Gasteiger charge is 2.48. The third kappa shape index (κ3) is 2.53. The Hall–Kier alpha value is -1.55. The fourth-order valence-electron chi connectivity index (χ4n) is 3.37. The van der Waals surface area contributed by atoms with Crippen molar-refractivity contribution in [2.75, 3.05) is 13.7 Å². The van der Waals surface area contributed by atoms with Crippen LogP contribution in [0.25, 0.3) is 0 Å². The van der Waals surface area contributed by atoms with Crippen LogP contribution in [0.2, 0.25) is 0 Å². The summed E-state index contributed by atoms with van der Waals surface area (Å²) in [5.74, 6) is 1.51. The van der Waals surface area contributed by atoms with Crippen LogP contribution < -0.4 is 9.47 Å². The quantitative estimate of drug-likeness (QED) is 0.837. The predicted octanol–water partition coefficient (Wildman–Crippen LogP) is 3.38. The molecule has 0 saturated carbocycles. The summed E-state index contributed by atoms with van der Waals surface area (Å²) in [5.41, 5.74) is 0.0140. The molecular formula is C17H22O4. The molecule has 4 nitrogen and oxygen atoms in total. The van der Waals surface area contributed by atoms with Crippen molar-refractivity contribution in [2.24, 2.45) is 0 Å². The minimum absolute atomic E-state index is 0.152. The van der Waals surface area contributed by atoms with Crippen LogP contribution in [0.15, 0.2) is 18.2 Å². The number of ketones is 1. The van der Waals surface area contributed by atoms with Crippen molar-refractivity contribution in [1.29, 1.82) is 0 Å². The van der Waals surface area contributed by atoms with Gasteiger partial charge in [0.15, 0.2) is 5.78 Å². The highest BCUT2D eigenvalue weighted by molar-refractivity contribution is 6.00. The van der Waals surface area contributed by atoms with Gasteiger partial charge in [0.1, 0.15) is 17.1 Å². The Morgan fingerprint density at radius 2 is 2.19 bits per heavy atom. The standard InChI is InChI=1S/C17H22O4/c1-4-16(2)11-17(7-8-20-16)10-14(18)13-6-5-12(19-3)9-15(13)21-17/h5-6,9H,4,7-8,10-11H2,1-3H3. The fourth-order valence-corrected chi connectivity index (χ4v) is 3.37. The van der Waals surface area contributed by atoms with Crippen molar-refractivity contribution < 1.29 is 19.0 Å². The molecule has 1 saturated heterocycles. The lowest BCUT2D eigenvalue weighted by Crippen LogP contribution is -2.53. The van der Waals surface area contributed by atoms with Crippen LogP contribution in [-0.4, -0.2) is 30.7 Å². The van der Waals surface area contributed by atoms with Gasteiger partial charge < -0.3 is 14.2 Å². The predicted molar refractivity (Wildman–Crippen MR) is 79.2 cm³/mol. The van der Waals surface area contributed by atoms with Crippen molar-refractivity contribution >= 4 is 5.78 Å². The zero-order valence-corrected chi connectivity index (χ0v) is 12.9. The van der Waals surface area contributed by atoms with Gasteiger partial charge in [-0.3, -0.25) is 4.79 Å². The SMILES string of the molecule is CCC1(C)CC2(CCO1)CC(=O)c1ccc(OC)cc1O2. The van der Waals surface area contributed by atoms with Crippen LogP contribution in [0.1, 0.15) is 49.9 Å². The maximum absolute atomic E-state index is 12.5. The van der Waals surface area contributed by atoms with E-state index in [4.69, 9.17) is 14.2 Å². The van der Waals surface area contributed by atoms with Crippen molar-refractivity contribution in [3.8, 4) is 11.5 Å². The molecule has 0 bridgehead atoms. The van der Waals surface area contributed by atoms with E-state index in [1.807, 2.05) is 6.07 Å². The minimum atomic E-state index is -0.431. The first-order chi connectivity index (χ1) is 9.99. The molecule has 4 heteroatoms. The third-order valence-corrected chi connectivity index (χ3v) is 4.75. The molecule has 1 spiro atoms. The molecule has 2 heterocycles. The molecule has 2 unspecified atom stereocenters. The number of hydrogen-bond donors (Lipinski definition) is 0. The number of carbonyl (C=O) groups excluding carboxylic acids is 1. The van der Waals surface area contributed by atoms with Gasteiger partial charge in [-0.15, -0.1) is 0 Å². The number of Topliss-reactive ketones (excluding diaryl/α,β-unsaturated/α-hetero) is 1. The molecule has 21 heavy (non-hydrogen) atoms. The summed E-state index contributed by atoms with van der Waals surface area (Å²) in [7, 11) is 1.62. The molecule has 2 aliphatic rings. The molecule has 2 atom stereocenters. The van der Waals surface area contributed by atoms with E-state index < -0.39 is 5.60 Å². The molecule has 0 aliphatic carbocycles. The fraction of sp³-hybridized carbons (Fsp3) is 0.588. The first kappa shape index (κ1) is 14.4. The Kier molecular flexibility index (Phi) is 3.44. The van der Waals surface area contributed by atoms with Gasteiger partial charge in [0, 0.05) is 18.9 Å². The van der Waals surface area contributed by atoms with Crippen LogP contribution in [-0.2, 0) is 4.74 Å². The van der Waals surface area contributed by atoms with Crippen molar-refractivity contribution in [2.45, 2.75) is 50.7 Å². The van der Waals surface area contributed by atoms with E-state index in [0.717, 1.165) is 19.3 Å². The molecule has 0 amide bonds. The molecule has 1 aromatic rings. The Morgan fingerprint density at radius 1 is 1.38 bits per heavy atom. The Morgan fingerprint density at radius 3 is 2.90 bits per heavy atom. The molecule has 3 rings (SSSR count). The Balaban J connectivity index is 1.95. The van der Waals surface area contributed by atoms with E-state index in [0.29, 0.717) is 30.1 Å². The first-order valence-electron chi connectivity index (χ1n) is 7.53. The summed E-state index contributed by atoms with van der Waals surface area (Å²) < 4.78 is 17.4. The van der Waals surface area contributed by atoms with Gasteiger partial charge in [-0.05, 0) is 25.5 Å². The van der Waals surface area contributed by atoms with E-state index in [2.05, 4.69) is 13.8 Å². The van der Waals surface area contributed by atoms with Gasteiger partial charge in [0.2, 0.25) is 0 Å². The molecular weight excluding hydrogens is 268 g/mol. The van der Waals surface area contributed by atoms with Crippen LogP contribution in [0.5, 0.6) is 11.5 Å². The van der Waals surface area contributed by atoms with E-state index in [1.54, 1.807) is 19.2 Å². The van der Waals surface area contributed by atoms with Crippen LogP contribution in [0.3, 0.4) is 0 Å². The van der Waals surface area contributed by atoms with Crippen LogP contribution in [0.4, 0.5) is 0 Å².